The van der Waals surface area contributed by atoms with E-state index in [1.165, 1.54) is 23.2 Å². The number of hydrogen-bond donors (Lipinski definition) is 3. The molecular weight excluding hydrogens is 294 g/mol. The van der Waals surface area contributed by atoms with Crippen molar-refractivity contribution in [1.29, 1.82) is 0 Å². The second-order valence-corrected chi connectivity index (χ2v) is 6.20. The zero-order valence-corrected chi connectivity index (χ0v) is 13.2. The predicted molar refractivity (Wildman–Crippen MR) is 80.7 cm³/mol. The molecule has 1 heterocycles. The molecule has 118 valence electrons. The van der Waals surface area contributed by atoms with Gasteiger partial charge in [-0.3, -0.25) is 0 Å². The highest BCUT2D eigenvalue weighted by Gasteiger charge is 2.14. The number of pyridine rings is 1. The first-order chi connectivity index (χ1) is 9.86. The molecule has 0 saturated carbocycles. The standard InChI is InChI=1S/C12H21N5O3S/c1-4-13-11-9-10(5-6-14-11)21(19,20)16-8-7-15-12(18)17(2)3/h5-6,9,16H,4,7-8H2,1-3H3,(H,13,14)(H,15,18). The van der Waals surface area contributed by atoms with E-state index in [9.17, 15) is 13.2 Å². The fourth-order valence-electron chi connectivity index (χ4n) is 1.45. The second-order valence-electron chi connectivity index (χ2n) is 4.43. The van der Waals surface area contributed by atoms with Crippen molar-refractivity contribution < 1.29 is 13.2 Å². The van der Waals surface area contributed by atoms with E-state index in [1.54, 1.807) is 14.1 Å². The smallest absolute Gasteiger partial charge is 0.316 e. The van der Waals surface area contributed by atoms with Gasteiger partial charge in [0.1, 0.15) is 5.82 Å². The molecule has 0 unspecified atom stereocenters. The first-order valence-electron chi connectivity index (χ1n) is 6.51. The van der Waals surface area contributed by atoms with Crippen molar-refractivity contribution in [2.24, 2.45) is 0 Å². The Morgan fingerprint density at radius 3 is 2.67 bits per heavy atom. The van der Waals surface area contributed by atoms with Crippen molar-refractivity contribution in [2.45, 2.75) is 11.8 Å². The largest absolute Gasteiger partial charge is 0.370 e. The second kappa shape index (κ2) is 7.79. The Morgan fingerprint density at radius 1 is 1.33 bits per heavy atom. The lowest BCUT2D eigenvalue weighted by atomic mass is 10.4. The minimum Gasteiger partial charge on any atom is -0.370 e. The number of anilines is 1. The highest BCUT2D eigenvalue weighted by atomic mass is 32.2. The molecule has 0 aliphatic heterocycles. The minimum atomic E-state index is -3.61. The van der Waals surface area contributed by atoms with Gasteiger partial charge >= 0.3 is 6.03 Å². The molecule has 0 aromatic carbocycles. The van der Waals surface area contributed by atoms with Crippen LogP contribution >= 0.6 is 0 Å². The van der Waals surface area contributed by atoms with E-state index in [1.807, 2.05) is 6.92 Å². The number of urea groups is 1. The van der Waals surface area contributed by atoms with Crippen molar-refractivity contribution in [2.75, 3.05) is 39.0 Å². The van der Waals surface area contributed by atoms with Crippen LogP contribution in [0, 0.1) is 0 Å². The minimum absolute atomic E-state index is 0.112. The summed E-state index contributed by atoms with van der Waals surface area (Å²) in [6, 6.07) is 2.61. The summed E-state index contributed by atoms with van der Waals surface area (Å²) in [6.07, 6.45) is 1.43. The third-order valence-electron chi connectivity index (χ3n) is 2.50. The lowest BCUT2D eigenvalue weighted by Gasteiger charge is -2.12. The average Bonchev–Trinajstić information content (AvgIpc) is 2.44. The van der Waals surface area contributed by atoms with E-state index in [4.69, 9.17) is 0 Å². The van der Waals surface area contributed by atoms with Crippen LogP contribution < -0.4 is 15.4 Å². The molecule has 0 saturated heterocycles. The SMILES string of the molecule is CCNc1cc(S(=O)(=O)NCCNC(=O)N(C)C)ccn1. The van der Waals surface area contributed by atoms with Crippen molar-refractivity contribution in [3.05, 3.63) is 18.3 Å². The number of carbonyl (C=O) groups excluding carboxylic acids is 1. The lowest BCUT2D eigenvalue weighted by Crippen LogP contribution is -2.39. The summed E-state index contributed by atoms with van der Waals surface area (Å²) in [6.45, 7) is 2.87. The Labute approximate surface area is 125 Å². The van der Waals surface area contributed by atoms with Crippen LogP contribution in [0.3, 0.4) is 0 Å². The summed E-state index contributed by atoms with van der Waals surface area (Å²) in [4.78, 5) is 16.8. The third kappa shape index (κ3) is 5.56. The number of nitrogens with zero attached hydrogens (tertiary/aromatic N) is 2. The van der Waals surface area contributed by atoms with Gasteiger partial charge in [0.05, 0.1) is 4.90 Å². The first-order valence-corrected chi connectivity index (χ1v) is 8.00. The molecule has 9 heteroatoms. The summed E-state index contributed by atoms with van der Waals surface area (Å²) >= 11 is 0. The number of carbonyl (C=O) groups is 1. The highest BCUT2D eigenvalue weighted by molar-refractivity contribution is 7.89. The molecule has 3 N–H and O–H groups in total. The van der Waals surface area contributed by atoms with Crippen molar-refractivity contribution >= 4 is 21.9 Å². The zero-order valence-electron chi connectivity index (χ0n) is 12.4. The molecule has 2 amide bonds. The van der Waals surface area contributed by atoms with Crippen LogP contribution in [0.2, 0.25) is 0 Å². The van der Waals surface area contributed by atoms with Crippen molar-refractivity contribution in [1.82, 2.24) is 19.9 Å². The maximum absolute atomic E-state index is 12.1. The molecule has 21 heavy (non-hydrogen) atoms. The fourth-order valence-corrected chi connectivity index (χ4v) is 2.50. The van der Waals surface area contributed by atoms with Gasteiger partial charge in [0, 0.05) is 46.0 Å². The number of nitrogens with one attached hydrogen (secondary N) is 3. The topological polar surface area (TPSA) is 103 Å². The lowest BCUT2D eigenvalue weighted by molar-refractivity contribution is 0.217. The Morgan fingerprint density at radius 2 is 2.05 bits per heavy atom. The normalized spacial score (nSPS) is 11.0. The molecule has 0 atom stereocenters. The molecular formula is C12H21N5O3S. The van der Waals surface area contributed by atoms with Gasteiger partial charge in [-0.2, -0.15) is 0 Å². The summed E-state index contributed by atoms with van der Waals surface area (Å²) in [7, 11) is -0.394. The van der Waals surface area contributed by atoms with E-state index in [0.717, 1.165) is 0 Å². The summed E-state index contributed by atoms with van der Waals surface area (Å²) in [5, 5.41) is 5.52. The molecule has 8 nitrogen and oxygen atoms in total. The Bertz CT molecular complexity index is 574. The molecule has 1 aromatic rings. The van der Waals surface area contributed by atoms with Gasteiger partial charge in [0.25, 0.3) is 0 Å². The van der Waals surface area contributed by atoms with Crippen molar-refractivity contribution in [3.63, 3.8) is 0 Å². The molecule has 0 aliphatic carbocycles. The van der Waals surface area contributed by atoms with Gasteiger partial charge in [-0.05, 0) is 13.0 Å². The van der Waals surface area contributed by atoms with Crippen LogP contribution in [0.25, 0.3) is 0 Å². The van der Waals surface area contributed by atoms with E-state index < -0.39 is 10.0 Å². The quantitative estimate of drug-likeness (QED) is 0.618. The van der Waals surface area contributed by atoms with Crippen molar-refractivity contribution in [3.8, 4) is 0 Å². The molecule has 0 aliphatic rings. The van der Waals surface area contributed by atoms with E-state index in [2.05, 4.69) is 20.3 Å². The summed E-state index contributed by atoms with van der Waals surface area (Å²) < 4.78 is 26.6. The van der Waals surface area contributed by atoms with E-state index >= 15 is 0 Å². The third-order valence-corrected chi connectivity index (χ3v) is 3.96. The molecule has 1 rings (SSSR count). The van der Waals surface area contributed by atoms with Gasteiger partial charge in [0.2, 0.25) is 10.0 Å². The molecule has 0 spiro atoms. The monoisotopic (exact) mass is 315 g/mol. The van der Waals surface area contributed by atoms with E-state index in [0.29, 0.717) is 12.4 Å². The number of hydrogen-bond acceptors (Lipinski definition) is 5. The maximum atomic E-state index is 12.1. The van der Waals surface area contributed by atoms with Crippen LogP contribution in [-0.4, -0.2) is 58.1 Å². The number of aromatic nitrogens is 1. The predicted octanol–water partition coefficient (Wildman–Crippen LogP) is 0.0629. The van der Waals surface area contributed by atoms with Gasteiger partial charge in [-0.1, -0.05) is 0 Å². The Kier molecular flexibility index (Phi) is 6.38. The van der Waals surface area contributed by atoms with Crippen LogP contribution in [0.4, 0.5) is 10.6 Å². The first kappa shape index (κ1) is 17.2. The van der Waals surface area contributed by atoms with E-state index in [-0.39, 0.29) is 24.0 Å². The summed E-state index contributed by atoms with van der Waals surface area (Å²) in [5.41, 5.74) is 0. The zero-order chi connectivity index (χ0) is 15.9. The Balaban J connectivity index is 2.57. The van der Waals surface area contributed by atoms with Crippen LogP contribution in [0.5, 0.6) is 0 Å². The van der Waals surface area contributed by atoms with Gasteiger partial charge in [0.15, 0.2) is 0 Å². The number of rotatable bonds is 7. The van der Waals surface area contributed by atoms with Crippen LogP contribution in [0.1, 0.15) is 6.92 Å². The Hall–Kier alpha value is -1.87. The molecule has 0 bridgehead atoms. The number of amides is 2. The molecule has 0 radical (unpaired) electrons. The fraction of sp³-hybridized carbons (Fsp3) is 0.500. The maximum Gasteiger partial charge on any atom is 0.316 e. The average molecular weight is 315 g/mol. The van der Waals surface area contributed by atoms with Gasteiger partial charge < -0.3 is 15.5 Å². The van der Waals surface area contributed by atoms with Crippen LogP contribution in [-0.2, 0) is 10.0 Å². The molecule has 1 aromatic heterocycles. The number of sulfonamides is 1. The van der Waals surface area contributed by atoms with Gasteiger partial charge in [-0.25, -0.2) is 22.9 Å². The van der Waals surface area contributed by atoms with Crippen LogP contribution in [0.15, 0.2) is 23.2 Å². The highest BCUT2D eigenvalue weighted by Crippen LogP contribution is 2.11. The van der Waals surface area contributed by atoms with Gasteiger partial charge in [-0.15, -0.1) is 0 Å². The molecule has 0 fully saturated rings. The summed E-state index contributed by atoms with van der Waals surface area (Å²) in [5.74, 6) is 0.501.